The normalized spacial score (nSPS) is 10.2. The minimum Gasteiger partial charge on any atom is -0.437 e. The van der Waals surface area contributed by atoms with E-state index in [0.717, 1.165) is 5.69 Å². The smallest absolute Gasteiger partial charge is 0.248 e. The summed E-state index contributed by atoms with van der Waals surface area (Å²) in [6.45, 7) is 0. The third-order valence-electron chi connectivity index (χ3n) is 2.91. The van der Waals surface area contributed by atoms with Crippen molar-refractivity contribution in [2.45, 2.75) is 0 Å². The fraction of sp³-hybridized carbons (Fsp3) is 0. The Hall–Kier alpha value is -2.79. The molecule has 0 radical (unpaired) electrons. The maximum absolute atomic E-state index is 6.07. The van der Waals surface area contributed by atoms with Crippen LogP contribution in [0.1, 0.15) is 0 Å². The van der Waals surface area contributed by atoms with Gasteiger partial charge in [0.25, 0.3) is 0 Å². The van der Waals surface area contributed by atoms with Gasteiger partial charge in [0.15, 0.2) is 5.82 Å². The molecule has 0 aliphatic heterocycles. The zero-order valence-corrected chi connectivity index (χ0v) is 12.3. The van der Waals surface area contributed by atoms with E-state index in [2.05, 4.69) is 15.3 Å². The van der Waals surface area contributed by atoms with E-state index in [0.29, 0.717) is 28.2 Å². The molecule has 0 amide bonds. The van der Waals surface area contributed by atoms with E-state index >= 15 is 0 Å². The van der Waals surface area contributed by atoms with E-state index in [4.69, 9.17) is 22.1 Å². The molecule has 0 atom stereocenters. The molecule has 0 bridgehead atoms. The van der Waals surface area contributed by atoms with E-state index in [1.165, 1.54) is 6.33 Å². The van der Waals surface area contributed by atoms with Gasteiger partial charge in [-0.15, -0.1) is 0 Å². The van der Waals surface area contributed by atoms with Crippen molar-refractivity contribution in [1.29, 1.82) is 0 Å². The molecule has 5 nitrogen and oxygen atoms in total. The molecule has 0 spiro atoms. The molecule has 0 aliphatic rings. The van der Waals surface area contributed by atoms with Crippen molar-refractivity contribution >= 4 is 28.8 Å². The highest BCUT2D eigenvalue weighted by Crippen LogP contribution is 2.30. The number of rotatable bonds is 4. The lowest BCUT2D eigenvalue weighted by molar-refractivity contribution is 0.464. The minimum atomic E-state index is 0.303. The number of nitrogens with zero attached hydrogens (tertiary/aromatic N) is 2. The average Bonchev–Trinajstić information content (AvgIpc) is 2.54. The molecule has 22 heavy (non-hydrogen) atoms. The van der Waals surface area contributed by atoms with Gasteiger partial charge in [-0.05, 0) is 36.4 Å². The van der Waals surface area contributed by atoms with Gasteiger partial charge in [0.05, 0.1) is 0 Å². The van der Waals surface area contributed by atoms with Crippen LogP contribution in [0.3, 0.4) is 0 Å². The number of hydrogen-bond acceptors (Lipinski definition) is 5. The molecule has 0 unspecified atom stereocenters. The number of nitrogens with one attached hydrogen (secondary N) is 1. The van der Waals surface area contributed by atoms with Crippen LogP contribution in [0.15, 0.2) is 60.9 Å². The molecule has 1 aromatic heterocycles. The van der Waals surface area contributed by atoms with Crippen molar-refractivity contribution in [3.05, 3.63) is 65.9 Å². The molecular formula is C16H13ClN4O. The summed E-state index contributed by atoms with van der Waals surface area (Å²) in [4.78, 5) is 8.21. The number of nitrogens with two attached hydrogens (primary N) is 1. The van der Waals surface area contributed by atoms with E-state index in [-0.39, 0.29) is 0 Å². The summed E-state index contributed by atoms with van der Waals surface area (Å²) in [6, 6.07) is 16.5. The number of halogens is 1. The van der Waals surface area contributed by atoms with E-state index in [1.807, 2.05) is 42.5 Å². The Morgan fingerprint density at radius 3 is 2.41 bits per heavy atom. The first-order chi connectivity index (χ1) is 10.7. The quantitative estimate of drug-likeness (QED) is 0.753. The van der Waals surface area contributed by atoms with Crippen LogP contribution >= 0.6 is 11.6 Å². The average molecular weight is 313 g/mol. The first-order valence-electron chi connectivity index (χ1n) is 6.58. The Labute approximate surface area is 132 Å². The second-order valence-electron chi connectivity index (χ2n) is 4.49. The Balaban J connectivity index is 1.84. The van der Waals surface area contributed by atoms with Crippen LogP contribution in [-0.2, 0) is 0 Å². The van der Waals surface area contributed by atoms with Gasteiger partial charge in [0.1, 0.15) is 17.8 Å². The van der Waals surface area contributed by atoms with Crippen molar-refractivity contribution in [1.82, 2.24) is 9.97 Å². The monoisotopic (exact) mass is 312 g/mol. The molecule has 0 aliphatic carbocycles. The van der Waals surface area contributed by atoms with Gasteiger partial charge < -0.3 is 15.8 Å². The Kier molecular flexibility index (Phi) is 4.07. The number of hydrogen-bond donors (Lipinski definition) is 2. The van der Waals surface area contributed by atoms with Gasteiger partial charge in [-0.2, -0.15) is 4.98 Å². The molecule has 2 aromatic carbocycles. The van der Waals surface area contributed by atoms with Crippen molar-refractivity contribution in [3.8, 4) is 11.6 Å². The highest BCUT2D eigenvalue weighted by molar-refractivity contribution is 6.30. The minimum absolute atomic E-state index is 0.303. The summed E-state index contributed by atoms with van der Waals surface area (Å²) < 4.78 is 5.67. The summed E-state index contributed by atoms with van der Waals surface area (Å²) in [5.74, 6) is 1.44. The first kappa shape index (κ1) is 14.2. The third kappa shape index (κ3) is 3.27. The summed E-state index contributed by atoms with van der Waals surface area (Å²) in [5, 5.41) is 3.77. The van der Waals surface area contributed by atoms with E-state index < -0.39 is 0 Å². The molecule has 3 aromatic rings. The fourth-order valence-electron chi connectivity index (χ4n) is 1.83. The maximum atomic E-state index is 6.07. The van der Waals surface area contributed by atoms with Gasteiger partial charge in [-0.25, -0.2) is 4.98 Å². The number of benzene rings is 2. The first-order valence-corrected chi connectivity index (χ1v) is 6.96. The zero-order valence-electron chi connectivity index (χ0n) is 11.5. The number of ether oxygens (including phenoxy) is 1. The molecule has 1 heterocycles. The van der Waals surface area contributed by atoms with Gasteiger partial charge in [0.2, 0.25) is 5.88 Å². The second-order valence-corrected chi connectivity index (χ2v) is 4.92. The summed E-state index contributed by atoms with van der Waals surface area (Å²) in [5.41, 5.74) is 7.22. The Morgan fingerprint density at radius 1 is 0.955 bits per heavy atom. The van der Waals surface area contributed by atoms with Crippen LogP contribution in [0.5, 0.6) is 11.6 Å². The SMILES string of the molecule is Nc1c(Nc2ccc(Cl)cc2)ncnc1Oc1ccccc1. The van der Waals surface area contributed by atoms with Crippen molar-refractivity contribution < 1.29 is 4.74 Å². The third-order valence-corrected chi connectivity index (χ3v) is 3.16. The van der Waals surface area contributed by atoms with Crippen LogP contribution in [0.4, 0.5) is 17.2 Å². The lowest BCUT2D eigenvalue weighted by Crippen LogP contribution is -2.03. The van der Waals surface area contributed by atoms with Crippen LogP contribution in [0.2, 0.25) is 5.02 Å². The van der Waals surface area contributed by atoms with Gasteiger partial charge in [-0.3, -0.25) is 0 Å². The molecule has 110 valence electrons. The van der Waals surface area contributed by atoms with Gasteiger partial charge in [-0.1, -0.05) is 29.8 Å². The van der Waals surface area contributed by atoms with Crippen LogP contribution in [0, 0.1) is 0 Å². The second kappa shape index (κ2) is 6.32. The van der Waals surface area contributed by atoms with Crippen LogP contribution < -0.4 is 15.8 Å². The number of anilines is 3. The van der Waals surface area contributed by atoms with Gasteiger partial charge in [0, 0.05) is 10.7 Å². The molecule has 0 fully saturated rings. The number of aromatic nitrogens is 2. The predicted octanol–water partition coefficient (Wildman–Crippen LogP) is 4.25. The largest absolute Gasteiger partial charge is 0.437 e. The molecule has 3 rings (SSSR count). The van der Waals surface area contributed by atoms with E-state index in [1.54, 1.807) is 12.1 Å². The van der Waals surface area contributed by atoms with Crippen molar-refractivity contribution in [2.75, 3.05) is 11.1 Å². The van der Waals surface area contributed by atoms with Crippen molar-refractivity contribution in [3.63, 3.8) is 0 Å². The number of para-hydroxylation sites is 1. The molecule has 6 heteroatoms. The van der Waals surface area contributed by atoms with Crippen molar-refractivity contribution in [2.24, 2.45) is 0 Å². The van der Waals surface area contributed by atoms with Gasteiger partial charge >= 0.3 is 0 Å². The Bertz CT molecular complexity index is 763. The lowest BCUT2D eigenvalue weighted by atomic mass is 10.3. The summed E-state index contributed by atoms with van der Waals surface area (Å²) in [7, 11) is 0. The highest BCUT2D eigenvalue weighted by Gasteiger charge is 2.10. The number of nitrogen functional groups attached to an aromatic ring is 1. The van der Waals surface area contributed by atoms with Crippen LogP contribution in [-0.4, -0.2) is 9.97 Å². The summed E-state index contributed by atoms with van der Waals surface area (Å²) in [6.07, 6.45) is 1.40. The summed E-state index contributed by atoms with van der Waals surface area (Å²) >= 11 is 5.86. The Morgan fingerprint density at radius 2 is 1.68 bits per heavy atom. The fourth-order valence-corrected chi connectivity index (χ4v) is 1.96. The topological polar surface area (TPSA) is 73.1 Å². The lowest BCUT2D eigenvalue weighted by Gasteiger charge is -2.11. The highest BCUT2D eigenvalue weighted by atomic mass is 35.5. The van der Waals surface area contributed by atoms with E-state index in [9.17, 15) is 0 Å². The molecule has 0 saturated carbocycles. The predicted molar refractivity (Wildman–Crippen MR) is 87.7 cm³/mol. The van der Waals surface area contributed by atoms with Crippen LogP contribution in [0.25, 0.3) is 0 Å². The molecule has 3 N–H and O–H groups in total. The standard InChI is InChI=1S/C16H13ClN4O/c17-11-6-8-12(9-7-11)21-15-14(18)16(20-10-19-15)22-13-4-2-1-3-5-13/h1-10H,18H2,(H,19,20,21). The molecular weight excluding hydrogens is 300 g/mol. The molecule has 0 saturated heterocycles. The maximum Gasteiger partial charge on any atom is 0.248 e. The zero-order chi connectivity index (χ0) is 15.4.